The van der Waals surface area contributed by atoms with Gasteiger partial charge in [-0.15, -0.1) is 0 Å². The summed E-state index contributed by atoms with van der Waals surface area (Å²) in [7, 11) is 0. The standard InChI is InChI=1S/C15H15IO/c1-2-6-12-7-5-8-13(11-12)17-15-10-4-3-9-14(15)16/h3-5,7-11H,2,6H2,1H3. The SMILES string of the molecule is CCCc1cccc(Oc2ccccc2I)c1. The molecule has 1 nitrogen and oxygen atoms in total. The molecule has 0 unspecified atom stereocenters. The van der Waals surface area contributed by atoms with Crippen LogP contribution >= 0.6 is 22.6 Å². The van der Waals surface area contributed by atoms with Crippen molar-refractivity contribution < 1.29 is 4.74 Å². The van der Waals surface area contributed by atoms with Crippen LogP contribution in [0.15, 0.2) is 48.5 Å². The summed E-state index contributed by atoms with van der Waals surface area (Å²) < 4.78 is 7.02. The van der Waals surface area contributed by atoms with E-state index in [0.717, 1.165) is 27.9 Å². The van der Waals surface area contributed by atoms with Crippen LogP contribution in [0.25, 0.3) is 0 Å². The fourth-order valence-electron chi connectivity index (χ4n) is 1.71. The first-order valence-electron chi connectivity index (χ1n) is 5.81. The Kier molecular flexibility index (Phi) is 4.42. The van der Waals surface area contributed by atoms with Crippen LogP contribution in [0, 0.1) is 3.57 Å². The minimum Gasteiger partial charge on any atom is -0.456 e. The van der Waals surface area contributed by atoms with Crippen LogP contribution in [-0.2, 0) is 6.42 Å². The molecule has 88 valence electrons. The van der Waals surface area contributed by atoms with Crippen molar-refractivity contribution in [2.45, 2.75) is 19.8 Å². The lowest BCUT2D eigenvalue weighted by Crippen LogP contribution is -1.89. The van der Waals surface area contributed by atoms with E-state index in [1.165, 1.54) is 5.56 Å². The minimum absolute atomic E-state index is 0.917. The summed E-state index contributed by atoms with van der Waals surface area (Å²) in [5.74, 6) is 1.84. The Morgan fingerprint density at radius 1 is 1.06 bits per heavy atom. The number of aryl methyl sites for hydroxylation is 1. The Morgan fingerprint density at radius 2 is 1.88 bits per heavy atom. The van der Waals surface area contributed by atoms with Crippen LogP contribution in [0.5, 0.6) is 11.5 Å². The highest BCUT2D eigenvalue weighted by atomic mass is 127. The second kappa shape index (κ2) is 6.05. The van der Waals surface area contributed by atoms with Crippen LogP contribution in [0.1, 0.15) is 18.9 Å². The van der Waals surface area contributed by atoms with Gasteiger partial charge in [0.2, 0.25) is 0 Å². The molecule has 0 atom stereocenters. The number of para-hydroxylation sites is 1. The largest absolute Gasteiger partial charge is 0.456 e. The summed E-state index contributed by atoms with van der Waals surface area (Å²) in [6.45, 7) is 2.19. The summed E-state index contributed by atoms with van der Waals surface area (Å²) in [4.78, 5) is 0. The van der Waals surface area contributed by atoms with Crippen LogP contribution in [-0.4, -0.2) is 0 Å². The summed E-state index contributed by atoms with van der Waals surface area (Å²) in [5, 5.41) is 0. The van der Waals surface area contributed by atoms with E-state index < -0.39 is 0 Å². The molecule has 0 radical (unpaired) electrons. The number of halogens is 1. The molecule has 2 heteroatoms. The van der Waals surface area contributed by atoms with Crippen molar-refractivity contribution in [1.29, 1.82) is 0 Å². The lowest BCUT2D eigenvalue weighted by atomic mass is 10.1. The fourth-order valence-corrected chi connectivity index (χ4v) is 2.21. The van der Waals surface area contributed by atoms with E-state index in [1.54, 1.807) is 0 Å². The van der Waals surface area contributed by atoms with Crippen molar-refractivity contribution in [3.63, 3.8) is 0 Å². The zero-order valence-corrected chi connectivity index (χ0v) is 12.0. The smallest absolute Gasteiger partial charge is 0.140 e. The van der Waals surface area contributed by atoms with Gasteiger partial charge in [-0.2, -0.15) is 0 Å². The van der Waals surface area contributed by atoms with E-state index in [4.69, 9.17) is 4.74 Å². The molecule has 0 saturated carbocycles. The van der Waals surface area contributed by atoms with Gasteiger partial charge in [-0.3, -0.25) is 0 Å². The van der Waals surface area contributed by atoms with Crippen LogP contribution in [0.4, 0.5) is 0 Å². The molecule has 0 N–H and O–H groups in total. The third-order valence-corrected chi connectivity index (χ3v) is 3.39. The molecule has 0 heterocycles. The number of ether oxygens (including phenoxy) is 1. The molecule has 2 aromatic rings. The third-order valence-electron chi connectivity index (χ3n) is 2.50. The highest BCUT2D eigenvalue weighted by Crippen LogP contribution is 2.26. The average molecular weight is 338 g/mol. The van der Waals surface area contributed by atoms with Gasteiger partial charge in [0.1, 0.15) is 11.5 Å². The zero-order valence-electron chi connectivity index (χ0n) is 9.82. The molecule has 2 aromatic carbocycles. The van der Waals surface area contributed by atoms with Crippen molar-refractivity contribution >= 4 is 22.6 Å². The summed E-state index contributed by atoms with van der Waals surface area (Å²) >= 11 is 2.29. The third kappa shape index (κ3) is 3.46. The van der Waals surface area contributed by atoms with E-state index >= 15 is 0 Å². The number of hydrogen-bond donors (Lipinski definition) is 0. The van der Waals surface area contributed by atoms with E-state index in [1.807, 2.05) is 30.3 Å². The Balaban J connectivity index is 2.18. The predicted octanol–water partition coefficient (Wildman–Crippen LogP) is 5.04. The molecule has 2 rings (SSSR count). The predicted molar refractivity (Wildman–Crippen MR) is 79.7 cm³/mol. The Labute approximate surface area is 116 Å². The van der Waals surface area contributed by atoms with Crippen molar-refractivity contribution in [3.8, 4) is 11.5 Å². The Bertz CT molecular complexity index is 494. The van der Waals surface area contributed by atoms with Gasteiger partial charge in [0.05, 0.1) is 3.57 Å². The monoisotopic (exact) mass is 338 g/mol. The van der Waals surface area contributed by atoms with Gasteiger partial charge in [0.15, 0.2) is 0 Å². The van der Waals surface area contributed by atoms with Gasteiger partial charge in [-0.05, 0) is 58.8 Å². The molecule has 0 aliphatic rings. The summed E-state index contributed by atoms with van der Waals surface area (Å²) in [5.41, 5.74) is 1.33. The molecule has 0 aromatic heterocycles. The van der Waals surface area contributed by atoms with Crippen molar-refractivity contribution in [3.05, 3.63) is 57.7 Å². The van der Waals surface area contributed by atoms with E-state index in [2.05, 4.69) is 47.7 Å². The molecular weight excluding hydrogens is 323 g/mol. The summed E-state index contributed by atoms with van der Waals surface area (Å²) in [6.07, 6.45) is 2.26. The molecule has 0 bridgehead atoms. The average Bonchev–Trinajstić information content (AvgIpc) is 2.33. The van der Waals surface area contributed by atoms with Gasteiger partial charge >= 0.3 is 0 Å². The Hall–Kier alpha value is -1.03. The quantitative estimate of drug-likeness (QED) is 0.710. The van der Waals surface area contributed by atoms with Crippen molar-refractivity contribution in [1.82, 2.24) is 0 Å². The van der Waals surface area contributed by atoms with Crippen molar-refractivity contribution in [2.24, 2.45) is 0 Å². The van der Waals surface area contributed by atoms with Crippen LogP contribution < -0.4 is 4.74 Å². The molecule has 0 amide bonds. The number of hydrogen-bond acceptors (Lipinski definition) is 1. The highest BCUT2D eigenvalue weighted by Gasteiger charge is 2.02. The van der Waals surface area contributed by atoms with Gasteiger partial charge < -0.3 is 4.74 Å². The number of benzene rings is 2. The highest BCUT2D eigenvalue weighted by molar-refractivity contribution is 14.1. The van der Waals surface area contributed by atoms with Crippen molar-refractivity contribution in [2.75, 3.05) is 0 Å². The first-order chi connectivity index (χ1) is 8.29. The van der Waals surface area contributed by atoms with Gasteiger partial charge in [-0.1, -0.05) is 37.6 Å². The lowest BCUT2D eigenvalue weighted by Gasteiger charge is -2.08. The molecule has 0 fully saturated rings. The zero-order chi connectivity index (χ0) is 12.1. The normalized spacial score (nSPS) is 10.2. The topological polar surface area (TPSA) is 9.23 Å². The number of rotatable bonds is 4. The molecule has 0 saturated heterocycles. The van der Waals surface area contributed by atoms with E-state index in [-0.39, 0.29) is 0 Å². The maximum absolute atomic E-state index is 5.89. The second-order valence-electron chi connectivity index (χ2n) is 3.93. The van der Waals surface area contributed by atoms with E-state index in [9.17, 15) is 0 Å². The van der Waals surface area contributed by atoms with Gasteiger partial charge in [0.25, 0.3) is 0 Å². The molecule has 0 aliphatic heterocycles. The minimum atomic E-state index is 0.917. The first kappa shape index (κ1) is 12.4. The summed E-state index contributed by atoms with van der Waals surface area (Å²) in [6, 6.07) is 16.4. The van der Waals surface area contributed by atoms with Crippen LogP contribution in [0.2, 0.25) is 0 Å². The molecule has 0 spiro atoms. The first-order valence-corrected chi connectivity index (χ1v) is 6.89. The Morgan fingerprint density at radius 3 is 2.65 bits per heavy atom. The van der Waals surface area contributed by atoms with Gasteiger partial charge in [-0.25, -0.2) is 0 Å². The van der Waals surface area contributed by atoms with Crippen LogP contribution in [0.3, 0.4) is 0 Å². The molecular formula is C15H15IO. The van der Waals surface area contributed by atoms with E-state index in [0.29, 0.717) is 0 Å². The van der Waals surface area contributed by atoms with Gasteiger partial charge in [0, 0.05) is 0 Å². The molecule has 0 aliphatic carbocycles. The lowest BCUT2D eigenvalue weighted by molar-refractivity contribution is 0.478. The second-order valence-corrected chi connectivity index (χ2v) is 5.09. The molecule has 17 heavy (non-hydrogen) atoms. The maximum atomic E-state index is 5.89. The maximum Gasteiger partial charge on any atom is 0.140 e. The fraction of sp³-hybridized carbons (Fsp3) is 0.200.